The summed E-state index contributed by atoms with van der Waals surface area (Å²) in [6.07, 6.45) is 1.70. The zero-order valence-corrected chi connectivity index (χ0v) is 15.9. The van der Waals surface area contributed by atoms with Gasteiger partial charge in [-0.3, -0.25) is 5.43 Å². The third-order valence-electron chi connectivity index (χ3n) is 4.23. The first-order valence-electron chi connectivity index (χ1n) is 8.70. The lowest BCUT2D eigenvalue weighted by Gasteiger charge is -2.09. The number of hydrogen-bond acceptors (Lipinski definition) is 5. The van der Waals surface area contributed by atoms with E-state index < -0.39 is 0 Å². The molecule has 0 unspecified atom stereocenters. The monoisotopic (exact) mass is 388 g/mol. The van der Waals surface area contributed by atoms with Crippen LogP contribution in [0.1, 0.15) is 5.56 Å². The fourth-order valence-corrected chi connectivity index (χ4v) is 3.08. The molecule has 1 heterocycles. The third-order valence-corrected chi connectivity index (χ3v) is 4.56. The Kier molecular flexibility index (Phi) is 5.17. The number of fused-ring (bicyclic) bond motifs is 1. The number of nitrogens with one attached hydrogen (secondary N) is 1. The summed E-state index contributed by atoms with van der Waals surface area (Å²) < 4.78 is 5.35. The second kappa shape index (κ2) is 8.06. The van der Waals surface area contributed by atoms with Gasteiger partial charge in [0.2, 0.25) is 0 Å². The number of hydrogen-bond donors (Lipinski definition) is 1. The minimum absolute atomic E-state index is 0.541. The molecule has 0 atom stereocenters. The van der Waals surface area contributed by atoms with Crippen molar-refractivity contribution in [2.45, 2.75) is 0 Å². The molecule has 1 N–H and O–H groups in total. The summed E-state index contributed by atoms with van der Waals surface area (Å²) in [5.41, 5.74) is 5.48. The molecule has 0 radical (unpaired) electrons. The van der Waals surface area contributed by atoms with Gasteiger partial charge in [0.1, 0.15) is 5.75 Å². The molecule has 0 spiro atoms. The Labute approximate surface area is 167 Å². The van der Waals surface area contributed by atoms with E-state index in [1.807, 2.05) is 72.8 Å². The minimum atomic E-state index is 0.541. The summed E-state index contributed by atoms with van der Waals surface area (Å²) in [5.74, 6) is 1.89. The van der Waals surface area contributed by atoms with E-state index in [1.165, 1.54) is 0 Å². The van der Waals surface area contributed by atoms with Gasteiger partial charge in [0.15, 0.2) is 11.6 Å². The molecule has 6 heteroatoms. The van der Waals surface area contributed by atoms with Crippen LogP contribution in [0.2, 0.25) is 5.02 Å². The molecular weight excluding hydrogens is 372 g/mol. The Morgan fingerprint density at radius 1 is 0.929 bits per heavy atom. The Balaban J connectivity index is 1.74. The number of benzene rings is 3. The maximum atomic E-state index is 6.34. The average molecular weight is 389 g/mol. The van der Waals surface area contributed by atoms with Crippen LogP contribution in [0.15, 0.2) is 77.9 Å². The summed E-state index contributed by atoms with van der Waals surface area (Å²) in [4.78, 5) is 9.31. The van der Waals surface area contributed by atoms with Gasteiger partial charge < -0.3 is 4.74 Å². The van der Waals surface area contributed by atoms with Crippen molar-refractivity contribution in [2.24, 2.45) is 5.10 Å². The second-order valence-electron chi connectivity index (χ2n) is 6.00. The molecule has 28 heavy (non-hydrogen) atoms. The van der Waals surface area contributed by atoms with Crippen LogP contribution in [0, 0.1) is 0 Å². The number of anilines is 1. The van der Waals surface area contributed by atoms with Gasteiger partial charge in [-0.2, -0.15) is 5.10 Å². The van der Waals surface area contributed by atoms with Crippen molar-refractivity contribution in [3.05, 3.63) is 83.4 Å². The van der Waals surface area contributed by atoms with Crippen LogP contribution in [-0.2, 0) is 0 Å². The lowest BCUT2D eigenvalue weighted by Crippen LogP contribution is -2.00. The quantitative estimate of drug-likeness (QED) is 0.367. The molecular formula is C22H17ClN4O. The fourth-order valence-electron chi connectivity index (χ4n) is 2.86. The number of aromatic nitrogens is 2. The lowest BCUT2D eigenvalue weighted by atomic mass is 10.2. The first kappa shape index (κ1) is 17.9. The number of methoxy groups -OCH3 is 1. The van der Waals surface area contributed by atoms with E-state index in [0.717, 1.165) is 27.8 Å². The minimum Gasteiger partial charge on any atom is -0.496 e. The van der Waals surface area contributed by atoms with Crippen LogP contribution >= 0.6 is 11.6 Å². The lowest BCUT2D eigenvalue weighted by molar-refractivity contribution is 0.414. The molecule has 0 amide bonds. The summed E-state index contributed by atoms with van der Waals surface area (Å²) in [6.45, 7) is 0. The maximum Gasteiger partial charge on any atom is 0.163 e. The maximum absolute atomic E-state index is 6.34. The van der Waals surface area contributed by atoms with Gasteiger partial charge in [-0.25, -0.2) is 9.97 Å². The van der Waals surface area contributed by atoms with Crippen molar-refractivity contribution in [1.29, 1.82) is 0 Å². The molecule has 1 aromatic heterocycles. The van der Waals surface area contributed by atoms with Crippen molar-refractivity contribution in [2.75, 3.05) is 12.5 Å². The Morgan fingerprint density at radius 3 is 2.54 bits per heavy atom. The van der Waals surface area contributed by atoms with Crippen molar-refractivity contribution in [1.82, 2.24) is 9.97 Å². The molecule has 0 aliphatic rings. The van der Waals surface area contributed by atoms with Gasteiger partial charge in [0.05, 0.1) is 23.9 Å². The van der Waals surface area contributed by atoms with E-state index in [4.69, 9.17) is 16.3 Å². The fraction of sp³-hybridized carbons (Fsp3) is 0.0455. The van der Waals surface area contributed by atoms with Crippen LogP contribution < -0.4 is 10.2 Å². The van der Waals surface area contributed by atoms with Crippen molar-refractivity contribution in [3.63, 3.8) is 0 Å². The highest BCUT2D eigenvalue weighted by Gasteiger charge is 2.11. The zero-order valence-electron chi connectivity index (χ0n) is 15.1. The van der Waals surface area contributed by atoms with E-state index in [0.29, 0.717) is 16.7 Å². The predicted molar refractivity (Wildman–Crippen MR) is 114 cm³/mol. The van der Waals surface area contributed by atoms with E-state index in [-0.39, 0.29) is 0 Å². The van der Waals surface area contributed by atoms with E-state index in [9.17, 15) is 0 Å². The molecule has 0 fully saturated rings. The van der Waals surface area contributed by atoms with Crippen LogP contribution in [-0.4, -0.2) is 23.3 Å². The summed E-state index contributed by atoms with van der Waals surface area (Å²) in [6, 6.07) is 22.9. The SMILES string of the molecule is COc1ccccc1/C=N/Nc1nc(-c2ccccc2Cl)nc2ccccc12. The molecule has 0 saturated heterocycles. The standard InChI is InChI=1S/C22H17ClN4O/c1-28-20-13-7-2-8-15(20)14-24-27-22-17-10-4-6-12-19(17)25-21(26-22)16-9-3-5-11-18(16)23/h2-14H,1H3,(H,25,26,27)/b24-14+. The van der Waals surface area contributed by atoms with Crippen LogP contribution in [0.4, 0.5) is 5.82 Å². The first-order valence-corrected chi connectivity index (χ1v) is 9.08. The second-order valence-corrected chi connectivity index (χ2v) is 6.41. The summed E-state index contributed by atoms with van der Waals surface area (Å²) >= 11 is 6.34. The molecule has 4 aromatic rings. The van der Waals surface area contributed by atoms with Crippen molar-refractivity contribution < 1.29 is 4.74 Å². The summed E-state index contributed by atoms with van der Waals surface area (Å²) in [7, 11) is 1.63. The van der Waals surface area contributed by atoms with Crippen LogP contribution in [0.5, 0.6) is 5.75 Å². The van der Waals surface area contributed by atoms with Crippen LogP contribution in [0.25, 0.3) is 22.3 Å². The van der Waals surface area contributed by atoms with Crippen molar-refractivity contribution in [3.8, 4) is 17.1 Å². The van der Waals surface area contributed by atoms with Gasteiger partial charge >= 0.3 is 0 Å². The molecule has 4 rings (SSSR count). The number of para-hydroxylation sites is 2. The zero-order chi connectivity index (χ0) is 19.3. The highest BCUT2D eigenvalue weighted by molar-refractivity contribution is 6.33. The Bertz CT molecular complexity index is 1160. The number of nitrogens with zero attached hydrogens (tertiary/aromatic N) is 3. The molecule has 3 aromatic carbocycles. The number of hydrazone groups is 1. The number of halogens is 1. The van der Waals surface area contributed by atoms with Gasteiger partial charge in [-0.05, 0) is 36.4 Å². The predicted octanol–water partition coefficient (Wildman–Crippen LogP) is 5.40. The normalized spacial score (nSPS) is 11.1. The first-order chi connectivity index (χ1) is 13.8. The topological polar surface area (TPSA) is 59.4 Å². The smallest absolute Gasteiger partial charge is 0.163 e. The number of rotatable bonds is 5. The molecule has 5 nitrogen and oxygen atoms in total. The Morgan fingerprint density at radius 2 is 1.68 bits per heavy atom. The summed E-state index contributed by atoms with van der Waals surface area (Å²) in [5, 5.41) is 5.82. The molecule has 0 bridgehead atoms. The average Bonchev–Trinajstić information content (AvgIpc) is 2.74. The highest BCUT2D eigenvalue weighted by Crippen LogP contribution is 2.29. The van der Waals surface area contributed by atoms with Gasteiger partial charge in [-0.15, -0.1) is 0 Å². The van der Waals surface area contributed by atoms with Crippen molar-refractivity contribution >= 4 is 34.5 Å². The van der Waals surface area contributed by atoms with E-state index >= 15 is 0 Å². The molecule has 0 aliphatic carbocycles. The molecule has 0 aliphatic heterocycles. The van der Waals surface area contributed by atoms with Gasteiger partial charge in [0, 0.05) is 16.5 Å². The molecule has 0 saturated carbocycles. The van der Waals surface area contributed by atoms with Gasteiger partial charge in [-0.1, -0.05) is 48.0 Å². The van der Waals surface area contributed by atoms with E-state index in [1.54, 1.807) is 13.3 Å². The largest absolute Gasteiger partial charge is 0.496 e. The third kappa shape index (κ3) is 3.66. The van der Waals surface area contributed by atoms with E-state index in [2.05, 4.69) is 20.5 Å². The van der Waals surface area contributed by atoms with Crippen LogP contribution in [0.3, 0.4) is 0 Å². The Hall–Kier alpha value is -3.44. The number of ether oxygens (including phenoxy) is 1. The molecule has 138 valence electrons. The van der Waals surface area contributed by atoms with Gasteiger partial charge in [0.25, 0.3) is 0 Å². The highest BCUT2D eigenvalue weighted by atomic mass is 35.5.